The molecular weight excluding hydrogens is 231 g/mol. The van der Waals surface area contributed by atoms with Crippen LogP contribution in [0.4, 0.5) is 10.1 Å². The van der Waals surface area contributed by atoms with Crippen molar-refractivity contribution in [1.82, 2.24) is 4.90 Å². The Morgan fingerprint density at radius 3 is 2.50 bits per heavy atom. The van der Waals surface area contributed by atoms with Crippen LogP contribution in [-0.4, -0.2) is 37.0 Å². The predicted octanol–water partition coefficient (Wildman–Crippen LogP) is 1.80. The van der Waals surface area contributed by atoms with Gasteiger partial charge < -0.3 is 9.80 Å². The highest BCUT2D eigenvalue weighted by Crippen LogP contribution is 2.42. The first-order chi connectivity index (χ1) is 8.49. The lowest BCUT2D eigenvalue weighted by molar-refractivity contribution is -0.142. The largest absolute Gasteiger partial charge is 0.368 e. The van der Waals surface area contributed by atoms with Gasteiger partial charge in [0.2, 0.25) is 5.91 Å². The number of hydrogen-bond donors (Lipinski definition) is 0. The summed E-state index contributed by atoms with van der Waals surface area (Å²) in [5.41, 5.74) is 1.86. The molecule has 0 aliphatic carbocycles. The van der Waals surface area contributed by atoms with Crippen LogP contribution < -0.4 is 4.90 Å². The van der Waals surface area contributed by atoms with Crippen LogP contribution in [0.2, 0.25) is 0 Å². The fourth-order valence-electron chi connectivity index (χ4n) is 2.99. The van der Waals surface area contributed by atoms with Gasteiger partial charge in [-0.3, -0.25) is 4.79 Å². The van der Waals surface area contributed by atoms with Crippen molar-refractivity contribution in [3.05, 3.63) is 29.6 Å². The van der Waals surface area contributed by atoms with Crippen molar-refractivity contribution in [3.63, 3.8) is 0 Å². The molecule has 1 spiro atoms. The Labute approximate surface area is 106 Å². The second-order valence-corrected chi connectivity index (χ2v) is 5.69. The molecular formula is C14H17FN2O. The van der Waals surface area contributed by atoms with Gasteiger partial charge in [0, 0.05) is 38.5 Å². The summed E-state index contributed by atoms with van der Waals surface area (Å²) in [5, 5.41) is 0. The summed E-state index contributed by atoms with van der Waals surface area (Å²) in [6.45, 7) is 6.86. The number of carbonyl (C=O) groups is 1. The van der Waals surface area contributed by atoms with E-state index in [1.807, 2.05) is 24.0 Å². The molecule has 2 aliphatic rings. The van der Waals surface area contributed by atoms with Gasteiger partial charge in [-0.1, -0.05) is 6.07 Å². The second kappa shape index (κ2) is 3.70. The average molecular weight is 248 g/mol. The molecule has 0 atom stereocenters. The fraction of sp³-hybridized carbons (Fsp3) is 0.500. The van der Waals surface area contributed by atoms with E-state index in [0.717, 1.165) is 31.7 Å². The number of nitrogens with zero attached hydrogens (tertiary/aromatic N) is 2. The van der Waals surface area contributed by atoms with E-state index in [-0.39, 0.29) is 17.1 Å². The van der Waals surface area contributed by atoms with Gasteiger partial charge in [0.05, 0.1) is 5.69 Å². The van der Waals surface area contributed by atoms with Crippen LogP contribution in [-0.2, 0) is 4.79 Å². The van der Waals surface area contributed by atoms with E-state index >= 15 is 0 Å². The molecule has 1 aromatic rings. The number of hydrogen-bond acceptors (Lipinski definition) is 2. The van der Waals surface area contributed by atoms with E-state index in [0.29, 0.717) is 5.69 Å². The van der Waals surface area contributed by atoms with Crippen molar-refractivity contribution >= 4 is 11.6 Å². The van der Waals surface area contributed by atoms with Crippen LogP contribution in [0.3, 0.4) is 0 Å². The van der Waals surface area contributed by atoms with Crippen LogP contribution in [0.1, 0.15) is 12.5 Å². The number of benzene rings is 1. The maximum absolute atomic E-state index is 13.8. The summed E-state index contributed by atoms with van der Waals surface area (Å²) in [6.07, 6.45) is 0. The van der Waals surface area contributed by atoms with Crippen molar-refractivity contribution in [1.29, 1.82) is 0 Å². The SMILES string of the molecule is CC(=O)N1CC2(C1)CN(c1ccc(C)cc1F)C2. The fourth-order valence-corrected chi connectivity index (χ4v) is 2.99. The van der Waals surface area contributed by atoms with E-state index < -0.39 is 0 Å². The summed E-state index contributed by atoms with van der Waals surface area (Å²) in [6, 6.07) is 5.36. The Kier molecular flexibility index (Phi) is 2.37. The third-order valence-electron chi connectivity index (χ3n) is 3.99. The number of amides is 1. The van der Waals surface area contributed by atoms with E-state index in [1.165, 1.54) is 0 Å². The van der Waals surface area contributed by atoms with Crippen molar-refractivity contribution in [2.75, 3.05) is 31.1 Å². The second-order valence-electron chi connectivity index (χ2n) is 5.69. The van der Waals surface area contributed by atoms with Gasteiger partial charge >= 0.3 is 0 Å². The minimum atomic E-state index is -0.146. The Morgan fingerprint density at radius 2 is 1.94 bits per heavy atom. The molecule has 0 saturated carbocycles. The molecule has 0 aromatic heterocycles. The van der Waals surface area contributed by atoms with Crippen LogP contribution >= 0.6 is 0 Å². The third kappa shape index (κ3) is 1.67. The number of aryl methyl sites for hydroxylation is 1. The van der Waals surface area contributed by atoms with Crippen molar-refractivity contribution in [3.8, 4) is 0 Å². The predicted molar refractivity (Wildman–Crippen MR) is 68.0 cm³/mol. The number of rotatable bonds is 1. The Balaban J connectivity index is 1.64. The maximum Gasteiger partial charge on any atom is 0.219 e. The lowest BCUT2D eigenvalue weighted by atomic mass is 9.72. The summed E-state index contributed by atoms with van der Waals surface area (Å²) >= 11 is 0. The monoisotopic (exact) mass is 248 g/mol. The Morgan fingerprint density at radius 1 is 1.28 bits per heavy atom. The highest BCUT2D eigenvalue weighted by atomic mass is 19.1. The van der Waals surface area contributed by atoms with E-state index in [9.17, 15) is 9.18 Å². The molecule has 18 heavy (non-hydrogen) atoms. The molecule has 4 heteroatoms. The van der Waals surface area contributed by atoms with Gasteiger partial charge in [0.15, 0.2) is 0 Å². The number of carbonyl (C=O) groups excluding carboxylic acids is 1. The molecule has 96 valence electrons. The maximum atomic E-state index is 13.8. The highest BCUT2D eigenvalue weighted by molar-refractivity contribution is 5.74. The normalized spacial score (nSPS) is 20.6. The van der Waals surface area contributed by atoms with Crippen LogP contribution in [0.15, 0.2) is 18.2 Å². The Bertz CT molecular complexity index is 501. The van der Waals surface area contributed by atoms with E-state index in [1.54, 1.807) is 13.0 Å². The van der Waals surface area contributed by atoms with E-state index in [2.05, 4.69) is 4.90 Å². The lowest BCUT2D eigenvalue weighted by Gasteiger charge is -2.60. The highest BCUT2D eigenvalue weighted by Gasteiger charge is 2.52. The van der Waals surface area contributed by atoms with Gasteiger partial charge in [-0.05, 0) is 24.6 Å². The minimum Gasteiger partial charge on any atom is -0.368 e. The quantitative estimate of drug-likeness (QED) is 0.756. The van der Waals surface area contributed by atoms with Gasteiger partial charge in [0.25, 0.3) is 0 Å². The summed E-state index contributed by atoms with van der Waals surface area (Å²) in [5.74, 6) is -0.00631. The van der Waals surface area contributed by atoms with Gasteiger partial charge in [0.1, 0.15) is 5.82 Å². The summed E-state index contributed by atoms with van der Waals surface area (Å²) in [7, 11) is 0. The van der Waals surface area contributed by atoms with Crippen molar-refractivity contribution in [2.45, 2.75) is 13.8 Å². The molecule has 0 unspecified atom stereocenters. The zero-order valence-electron chi connectivity index (χ0n) is 10.7. The first kappa shape index (κ1) is 11.5. The zero-order valence-corrected chi connectivity index (χ0v) is 10.7. The van der Waals surface area contributed by atoms with Gasteiger partial charge in [-0.2, -0.15) is 0 Å². The molecule has 3 nitrogen and oxygen atoms in total. The molecule has 2 saturated heterocycles. The molecule has 3 rings (SSSR count). The molecule has 2 heterocycles. The first-order valence-electron chi connectivity index (χ1n) is 6.26. The standard InChI is InChI=1S/C14H17FN2O/c1-10-3-4-13(12(15)5-10)17-8-14(9-17)6-16(7-14)11(2)18/h3-5H,6-9H2,1-2H3. The lowest BCUT2D eigenvalue weighted by Crippen LogP contribution is -2.73. The first-order valence-corrected chi connectivity index (χ1v) is 6.26. The van der Waals surface area contributed by atoms with Crippen LogP contribution in [0, 0.1) is 18.2 Å². The number of halogens is 1. The van der Waals surface area contributed by atoms with Gasteiger partial charge in [-0.25, -0.2) is 4.39 Å². The molecule has 2 fully saturated rings. The smallest absolute Gasteiger partial charge is 0.219 e. The van der Waals surface area contributed by atoms with Crippen LogP contribution in [0.25, 0.3) is 0 Å². The molecule has 0 radical (unpaired) electrons. The number of likely N-dealkylation sites (tertiary alicyclic amines) is 1. The zero-order chi connectivity index (χ0) is 12.9. The third-order valence-corrected chi connectivity index (χ3v) is 3.99. The summed E-state index contributed by atoms with van der Waals surface area (Å²) < 4.78 is 13.8. The molecule has 0 bridgehead atoms. The number of anilines is 1. The van der Waals surface area contributed by atoms with Gasteiger partial charge in [-0.15, -0.1) is 0 Å². The Hall–Kier alpha value is -1.58. The van der Waals surface area contributed by atoms with Crippen molar-refractivity contribution in [2.24, 2.45) is 5.41 Å². The molecule has 2 aliphatic heterocycles. The minimum absolute atomic E-state index is 0.139. The average Bonchev–Trinajstić information content (AvgIpc) is 2.15. The summed E-state index contributed by atoms with van der Waals surface area (Å²) in [4.78, 5) is 15.1. The topological polar surface area (TPSA) is 23.6 Å². The molecule has 1 aromatic carbocycles. The van der Waals surface area contributed by atoms with Crippen LogP contribution in [0.5, 0.6) is 0 Å². The molecule has 0 N–H and O–H groups in total. The van der Waals surface area contributed by atoms with Crippen molar-refractivity contribution < 1.29 is 9.18 Å². The van der Waals surface area contributed by atoms with E-state index in [4.69, 9.17) is 0 Å². The molecule has 1 amide bonds.